The Morgan fingerprint density at radius 1 is 0.451 bits per heavy atom. The van der Waals surface area contributed by atoms with Crippen LogP contribution in [0.5, 0.6) is 11.5 Å². The minimum atomic E-state index is -0.0770. The average molecular weight is 931 g/mol. The quantitative estimate of drug-likeness (QED) is 0.161. The van der Waals surface area contributed by atoms with E-state index in [0.29, 0.717) is 0 Å². The van der Waals surface area contributed by atoms with E-state index >= 15 is 0 Å². The smallest absolute Gasteiger partial charge is 0.256 e. The van der Waals surface area contributed by atoms with Gasteiger partial charge in [0.2, 0.25) is 0 Å². The van der Waals surface area contributed by atoms with Crippen LogP contribution in [-0.4, -0.2) is 6.71 Å². The molecular formula is C66H67BN2O2. The van der Waals surface area contributed by atoms with Crippen molar-refractivity contribution in [1.29, 1.82) is 0 Å². The van der Waals surface area contributed by atoms with E-state index in [9.17, 15) is 0 Å². The first-order valence-electron chi connectivity index (χ1n) is 25.5. The lowest BCUT2D eigenvalue weighted by Gasteiger charge is -2.41. The molecule has 1 aromatic heterocycles. The van der Waals surface area contributed by atoms with E-state index in [4.69, 9.17) is 9.15 Å². The summed E-state index contributed by atoms with van der Waals surface area (Å²) in [6.45, 7) is 31.8. The van der Waals surface area contributed by atoms with Crippen LogP contribution in [0.15, 0.2) is 156 Å². The van der Waals surface area contributed by atoms with Gasteiger partial charge in [-0.2, -0.15) is 0 Å². The van der Waals surface area contributed by atoms with Crippen LogP contribution in [0.1, 0.15) is 116 Å². The SMILES string of the molecule is Cc1cc(C)cc(-c2cc3c4c(c2)N(c2ccc(N(c5ccc(C(C)(C)C)cc5)c5ccc(C(C)(C)C)cc5)c5oc6ccccc6c25)c2ccc(C(C)(C)C)cc2B4c2cc(C(C)(C)C)ccc2O3)c1. The third-order valence-electron chi connectivity index (χ3n) is 15.0. The highest BCUT2D eigenvalue weighted by Gasteiger charge is 2.44. The van der Waals surface area contributed by atoms with Crippen LogP contribution in [0, 0.1) is 13.8 Å². The highest BCUT2D eigenvalue weighted by molar-refractivity contribution is 6.99. The molecule has 3 heterocycles. The molecule has 0 N–H and O–H groups in total. The minimum Gasteiger partial charge on any atom is -0.458 e. The second-order valence-electron chi connectivity index (χ2n) is 24.5. The number of hydrogen-bond acceptors (Lipinski definition) is 4. The van der Waals surface area contributed by atoms with Crippen molar-refractivity contribution < 1.29 is 9.15 Å². The molecule has 356 valence electrons. The van der Waals surface area contributed by atoms with Gasteiger partial charge in [-0.1, -0.05) is 179 Å². The first-order valence-corrected chi connectivity index (χ1v) is 25.5. The summed E-state index contributed by atoms with van der Waals surface area (Å²) >= 11 is 0. The van der Waals surface area contributed by atoms with E-state index in [-0.39, 0.29) is 28.4 Å². The van der Waals surface area contributed by atoms with Gasteiger partial charge >= 0.3 is 0 Å². The maximum Gasteiger partial charge on any atom is 0.256 e. The second-order valence-corrected chi connectivity index (χ2v) is 24.5. The molecule has 5 heteroatoms. The maximum absolute atomic E-state index is 7.23. The molecule has 0 saturated heterocycles. The number of hydrogen-bond donors (Lipinski definition) is 0. The first kappa shape index (κ1) is 46.4. The molecule has 0 saturated carbocycles. The first-order chi connectivity index (χ1) is 33.5. The van der Waals surface area contributed by atoms with Crippen molar-refractivity contribution in [2.75, 3.05) is 9.80 Å². The average Bonchev–Trinajstić information content (AvgIpc) is 3.70. The Morgan fingerprint density at radius 3 is 1.56 bits per heavy atom. The zero-order valence-corrected chi connectivity index (χ0v) is 44.2. The van der Waals surface area contributed by atoms with E-state index in [1.807, 2.05) is 0 Å². The number of para-hydroxylation sites is 1. The number of aryl methyl sites for hydroxylation is 2. The van der Waals surface area contributed by atoms with Crippen molar-refractivity contribution in [3.63, 3.8) is 0 Å². The maximum atomic E-state index is 7.23. The van der Waals surface area contributed by atoms with E-state index in [2.05, 4.69) is 258 Å². The van der Waals surface area contributed by atoms with Crippen LogP contribution in [-0.2, 0) is 21.7 Å². The van der Waals surface area contributed by atoms with E-state index in [1.54, 1.807) is 0 Å². The fourth-order valence-corrected chi connectivity index (χ4v) is 11.1. The third kappa shape index (κ3) is 8.02. The molecule has 0 spiro atoms. The molecule has 0 aliphatic carbocycles. The Balaban J connectivity index is 1.22. The molecule has 0 amide bonds. The number of benzene rings is 8. The van der Waals surface area contributed by atoms with Crippen LogP contribution in [0.4, 0.5) is 34.1 Å². The number of fused-ring (bicyclic) bond motifs is 7. The monoisotopic (exact) mass is 931 g/mol. The highest BCUT2D eigenvalue weighted by atomic mass is 16.5. The van der Waals surface area contributed by atoms with Gasteiger partial charge in [-0.3, -0.25) is 0 Å². The summed E-state index contributed by atoms with van der Waals surface area (Å²) in [5.74, 6) is 1.81. The van der Waals surface area contributed by atoms with Crippen molar-refractivity contribution in [2.24, 2.45) is 0 Å². The third-order valence-corrected chi connectivity index (χ3v) is 15.0. The van der Waals surface area contributed by atoms with Gasteiger partial charge in [0.25, 0.3) is 6.71 Å². The van der Waals surface area contributed by atoms with Crippen LogP contribution in [0.3, 0.4) is 0 Å². The van der Waals surface area contributed by atoms with Crippen molar-refractivity contribution in [2.45, 2.75) is 119 Å². The predicted molar refractivity (Wildman–Crippen MR) is 304 cm³/mol. The van der Waals surface area contributed by atoms with Gasteiger partial charge in [-0.15, -0.1) is 0 Å². The summed E-state index contributed by atoms with van der Waals surface area (Å²) in [6, 6.07) is 57.0. The molecule has 4 nitrogen and oxygen atoms in total. The molecule has 0 radical (unpaired) electrons. The van der Waals surface area contributed by atoms with Crippen LogP contribution < -0.4 is 30.9 Å². The molecule has 0 fully saturated rings. The van der Waals surface area contributed by atoms with E-state index < -0.39 is 0 Å². The summed E-state index contributed by atoms with van der Waals surface area (Å²) in [7, 11) is 0. The number of anilines is 6. The molecule has 2 aliphatic heterocycles. The lowest BCUT2D eigenvalue weighted by Crippen LogP contribution is -2.60. The molecule has 0 unspecified atom stereocenters. The van der Waals surface area contributed by atoms with Crippen molar-refractivity contribution in [3.8, 4) is 22.6 Å². The zero-order valence-electron chi connectivity index (χ0n) is 44.2. The van der Waals surface area contributed by atoms with Crippen molar-refractivity contribution in [3.05, 3.63) is 185 Å². The minimum absolute atomic E-state index is 0.0133. The Kier molecular flexibility index (Phi) is 10.6. The molecule has 11 rings (SSSR count). The number of rotatable bonds is 5. The van der Waals surface area contributed by atoms with Gasteiger partial charge in [-0.05, 0) is 152 Å². The number of ether oxygens (including phenoxy) is 1. The van der Waals surface area contributed by atoms with Crippen LogP contribution in [0.2, 0.25) is 0 Å². The van der Waals surface area contributed by atoms with Gasteiger partial charge in [0.15, 0.2) is 5.58 Å². The van der Waals surface area contributed by atoms with Gasteiger partial charge < -0.3 is 19.0 Å². The van der Waals surface area contributed by atoms with Crippen molar-refractivity contribution >= 4 is 79.2 Å². The van der Waals surface area contributed by atoms with E-state index in [0.717, 1.165) is 73.1 Å². The molecule has 9 aromatic rings. The summed E-state index contributed by atoms with van der Waals surface area (Å²) in [6.07, 6.45) is 0. The molecule has 0 atom stereocenters. The van der Waals surface area contributed by atoms with Gasteiger partial charge in [0, 0.05) is 28.1 Å². The summed E-state index contributed by atoms with van der Waals surface area (Å²) in [4.78, 5) is 4.91. The Labute approximate surface area is 422 Å². The Bertz CT molecular complexity index is 3490. The fourth-order valence-electron chi connectivity index (χ4n) is 11.1. The predicted octanol–water partition coefficient (Wildman–Crippen LogP) is 16.9. The summed E-state index contributed by atoms with van der Waals surface area (Å²) < 4.78 is 14.4. The molecule has 71 heavy (non-hydrogen) atoms. The fraction of sp³-hybridized carbons (Fsp3) is 0.273. The number of furan rings is 1. The topological polar surface area (TPSA) is 28.9 Å². The molecule has 2 aliphatic rings. The molecule has 8 aromatic carbocycles. The Hall–Kier alpha value is -6.98. The van der Waals surface area contributed by atoms with E-state index in [1.165, 1.54) is 55.3 Å². The normalized spacial score (nSPS) is 13.5. The second kappa shape index (κ2) is 16.3. The van der Waals surface area contributed by atoms with Gasteiger partial charge in [0.1, 0.15) is 17.1 Å². The number of nitrogens with zero attached hydrogens (tertiary/aromatic N) is 2. The summed E-state index contributed by atoms with van der Waals surface area (Å²) in [5, 5.41) is 2.12. The van der Waals surface area contributed by atoms with Crippen molar-refractivity contribution in [1.82, 2.24) is 0 Å². The molecular weight excluding hydrogens is 864 g/mol. The molecule has 0 bridgehead atoms. The summed E-state index contributed by atoms with van der Waals surface area (Å²) in [5.41, 5.74) is 21.6. The lowest BCUT2D eigenvalue weighted by molar-refractivity contribution is 0.486. The highest BCUT2D eigenvalue weighted by Crippen LogP contribution is 2.51. The lowest BCUT2D eigenvalue weighted by atomic mass is 9.33. The Morgan fingerprint density at radius 2 is 0.972 bits per heavy atom. The zero-order chi connectivity index (χ0) is 50.1. The van der Waals surface area contributed by atoms with Gasteiger partial charge in [0.05, 0.1) is 16.8 Å². The van der Waals surface area contributed by atoms with Gasteiger partial charge in [-0.25, -0.2) is 0 Å². The largest absolute Gasteiger partial charge is 0.458 e. The van der Waals surface area contributed by atoms with Crippen LogP contribution >= 0.6 is 0 Å². The standard InChI is InChI=1S/C66H67BN2O2/c1-40-33-41(2)35-42(34-40)43-36-56-61-59(37-43)70-58-32-24-47(66(12,13)14)39-52(58)67(61)51-38-46(65(9,10)11)23-29-53(51)69(56)54-30-31-55(62-60(54)50-17-15-16-18-57(50)71-62)68(48-25-19-44(20-26-48)63(3,4)5)49-27-21-45(22-28-49)64(6,7)8/h15-39H,1-14H3. The van der Waals surface area contributed by atoms with Crippen LogP contribution in [0.25, 0.3) is 33.1 Å².